The van der Waals surface area contributed by atoms with E-state index in [9.17, 15) is 0 Å². The van der Waals surface area contributed by atoms with Gasteiger partial charge < -0.3 is 10.5 Å². The van der Waals surface area contributed by atoms with E-state index < -0.39 is 0 Å². The summed E-state index contributed by atoms with van der Waals surface area (Å²) >= 11 is 0. The predicted octanol–water partition coefficient (Wildman–Crippen LogP) is 4.02. The Morgan fingerprint density at radius 2 is 1.76 bits per heavy atom. The lowest BCUT2D eigenvalue weighted by molar-refractivity contribution is 0.291. The van der Waals surface area contributed by atoms with E-state index in [-0.39, 0.29) is 11.5 Å². The second-order valence-electron chi connectivity index (χ2n) is 6.71. The third-order valence-electron chi connectivity index (χ3n) is 4.53. The highest BCUT2D eigenvalue weighted by Crippen LogP contribution is 2.40. The Morgan fingerprint density at radius 3 is 2.43 bits per heavy atom. The van der Waals surface area contributed by atoms with Crippen LogP contribution in [-0.4, -0.2) is 6.61 Å². The standard InChI is InChI=1S/C19H23NO/c1-12-6-5-7-13(2)17(12)18(20)14-8-9-16-15(10-14)19(3,4)11-21-16/h5-10,18H,11,20H2,1-4H3. The summed E-state index contributed by atoms with van der Waals surface area (Å²) in [6.45, 7) is 9.43. The van der Waals surface area contributed by atoms with E-state index in [1.54, 1.807) is 0 Å². The van der Waals surface area contributed by atoms with E-state index in [1.165, 1.54) is 22.3 Å². The molecule has 0 spiro atoms. The van der Waals surface area contributed by atoms with Crippen molar-refractivity contribution >= 4 is 0 Å². The fourth-order valence-electron chi connectivity index (χ4n) is 3.22. The molecule has 1 heterocycles. The third-order valence-corrected chi connectivity index (χ3v) is 4.53. The zero-order valence-electron chi connectivity index (χ0n) is 13.2. The van der Waals surface area contributed by atoms with E-state index in [1.807, 2.05) is 0 Å². The number of benzene rings is 2. The van der Waals surface area contributed by atoms with Gasteiger partial charge in [-0.15, -0.1) is 0 Å². The number of hydrogen-bond donors (Lipinski definition) is 1. The van der Waals surface area contributed by atoms with Crippen LogP contribution in [0, 0.1) is 13.8 Å². The molecule has 1 aliphatic heterocycles. The van der Waals surface area contributed by atoms with Crippen LogP contribution in [0.5, 0.6) is 5.75 Å². The van der Waals surface area contributed by atoms with Gasteiger partial charge in [-0.05, 0) is 48.2 Å². The molecule has 1 atom stereocenters. The molecule has 0 aliphatic carbocycles. The van der Waals surface area contributed by atoms with Gasteiger partial charge >= 0.3 is 0 Å². The Hall–Kier alpha value is -1.80. The van der Waals surface area contributed by atoms with E-state index >= 15 is 0 Å². The van der Waals surface area contributed by atoms with Crippen LogP contribution in [-0.2, 0) is 5.41 Å². The molecule has 3 rings (SSSR count). The Labute approximate surface area is 126 Å². The van der Waals surface area contributed by atoms with Gasteiger partial charge in [-0.2, -0.15) is 0 Å². The van der Waals surface area contributed by atoms with Crippen LogP contribution in [0.3, 0.4) is 0 Å². The van der Waals surface area contributed by atoms with Gasteiger partial charge in [-0.3, -0.25) is 0 Å². The van der Waals surface area contributed by atoms with Crippen molar-refractivity contribution in [1.82, 2.24) is 0 Å². The highest BCUT2D eigenvalue weighted by atomic mass is 16.5. The monoisotopic (exact) mass is 281 g/mol. The van der Waals surface area contributed by atoms with Crippen LogP contribution in [0.25, 0.3) is 0 Å². The minimum absolute atomic E-state index is 0.0613. The number of fused-ring (bicyclic) bond motifs is 1. The molecule has 2 N–H and O–H groups in total. The zero-order valence-corrected chi connectivity index (χ0v) is 13.2. The first-order chi connectivity index (χ1) is 9.90. The molecule has 0 aromatic heterocycles. The van der Waals surface area contributed by atoms with Gasteiger partial charge in [0.05, 0.1) is 12.6 Å². The quantitative estimate of drug-likeness (QED) is 0.902. The maximum absolute atomic E-state index is 6.56. The van der Waals surface area contributed by atoms with E-state index in [0.29, 0.717) is 0 Å². The smallest absolute Gasteiger partial charge is 0.123 e. The highest BCUT2D eigenvalue weighted by Gasteiger charge is 2.32. The molecule has 0 bridgehead atoms. The first-order valence-corrected chi connectivity index (χ1v) is 7.49. The van der Waals surface area contributed by atoms with E-state index in [2.05, 4.69) is 64.1 Å². The summed E-state index contributed by atoms with van der Waals surface area (Å²) in [5.74, 6) is 0.998. The van der Waals surface area contributed by atoms with Crippen molar-refractivity contribution in [1.29, 1.82) is 0 Å². The minimum atomic E-state index is -0.0899. The summed E-state index contributed by atoms with van der Waals surface area (Å²) < 4.78 is 5.76. The summed E-state index contributed by atoms with van der Waals surface area (Å²) in [4.78, 5) is 0. The average Bonchev–Trinajstić information content (AvgIpc) is 2.74. The molecule has 0 saturated heterocycles. The maximum atomic E-state index is 6.56. The normalized spacial score (nSPS) is 17.2. The topological polar surface area (TPSA) is 35.2 Å². The van der Waals surface area contributed by atoms with Crippen LogP contribution in [0.1, 0.15) is 47.7 Å². The molecular weight excluding hydrogens is 258 g/mol. The van der Waals surface area contributed by atoms with Crippen LogP contribution in [0.15, 0.2) is 36.4 Å². The summed E-state index contributed by atoms with van der Waals surface area (Å²) in [5, 5.41) is 0. The summed E-state index contributed by atoms with van der Waals surface area (Å²) in [5.41, 5.74) is 12.8. The molecule has 110 valence electrons. The van der Waals surface area contributed by atoms with Gasteiger partial charge in [0.15, 0.2) is 0 Å². The first kappa shape index (κ1) is 14.2. The number of rotatable bonds is 2. The van der Waals surface area contributed by atoms with Crippen LogP contribution in [0.2, 0.25) is 0 Å². The van der Waals surface area contributed by atoms with Gasteiger partial charge in [-0.1, -0.05) is 38.1 Å². The van der Waals surface area contributed by atoms with Gasteiger partial charge in [0, 0.05) is 11.0 Å². The molecule has 0 amide bonds. The van der Waals surface area contributed by atoms with Crippen molar-refractivity contribution in [2.45, 2.75) is 39.2 Å². The van der Waals surface area contributed by atoms with Crippen LogP contribution in [0.4, 0.5) is 0 Å². The molecular formula is C19H23NO. The van der Waals surface area contributed by atoms with Gasteiger partial charge in [0.2, 0.25) is 0 Å². The molecule has 2 heteroatoms. The van der Waals surface area contributed by atoms with Crippen molar-refractivity contribution < 1.29 is 4.74 Å². The SMILES string of the molecule is Cc1cccc(C)c1C(N)c1ccc2c(c1)C(C)(C)CO2. The highest BCUT2D eigenvalue weighted by molar-refractivity contribution is 5.49. The van der Waals surface area contributed by atoms with Crippen molar-refractivity contribution in [3.05, 3.63) is 64.2 Å². The number of aryl methyl sites for hydroxylation is 2. The Morgan fingerprint density at radius 1 is 1.10 bits per heavy atom. The van der Waals surface area contributed by atoms with Gasteiger partial charge in [-0.25, -0.2) is 0 Å². The molecule has 1 aliphatic rings. The molecule has 21 heavy (non-hydrogen) atoms. The van der Waals surface area contributed by atoms with Crippen LogP contribution < -0.4 is 10.5 Å². The van der Waals surface area contributed by atoms with E-state index in [4.69, 9.17) is 10.5 Å². The Bertz CT molecular complexity index is 668. The van der Waals surface area contributed by atoms with Crippen molar-refractivity contribution in [3.8, 4) is 5.75 Å². The zero-order chi connectivity index (χ0) is 15.2. The molecule has 2 aromatic carbocycles. The van der Waals surface area contributed by atoms with Crippen molar-refractivity contribution in [2.24, 2.45) is 5.73 Å². The molecule has 2 nitrogen and oxygen atoms in total. The second-order valence-corrected chi connectivity index (χ2v) is 6.71. The largest absolute Gasteiger partial charge is 0.492 e. The van der Waals surface area contributed by atoms with Gasteiger partial charge in [0.1, 0.15) is 5.75 Å². The third kappa shape index (κ3) is 2.34. The van der Waals surface area contributed by atoms with Gasteiger partial charge in [0.25, 0.3) is 0 Å². The summed E-state index contributed by atoms with van der Waals surface area (Å²) in [6.07, 6.45) is 0. The predicted molar refractivity (Wildman–Crippen MR) is 86.9 cm³/mol. The molecule has 1 unspecified atom stereocenters. The fourth-order valence-corrected chi connectivity index (χ4v) is 3.22. The molecule has 2 aromatic rings. The minimum Gasteiger partial charge on any atom is -0.492 e. The Kier molecular flexibility index (Phi) is 3.29. The molecule has 0 radical (unpaired) electrons. The first-order valence-electron chi connectivity index (χ1n) is 7.49. The number of ether oxygens (including phenoxy) is 1. The summed E-state index contributed by atoms with van der Waals surface area (Å²) in [6, 6.07) is 12.6. The summed E-state index contributed by atoms with van der Waals surface area (Å²) in [7, 11) is 0. The van der Waals surface area contributed by atoms with Crippen LogP contribution >= 0.6 is 0 Å². The maximum Gasteiger partial charge on any atom is 0.123 e. The lowest BCUT2D eigenvalue weighted by Gasteiger charge is -2.20. The lowest BCUT2D eigenvalue weighted by atomic mass is 9.84. The van der Waals surface area contributed by atoms with E-state index in [0.717, 1.165) is 17.9 Å². The number of nitrogens with two attached hydrogens (primary N) is 1. The molecule has 0 saturated carbocycles. The fraction of sp³-hybridized carbons (Fsp3) is 0.368. The average molecular weight is 281 g/mol. The second kappa shape index (κ2) is 4.88. The Balaban J connectivity index is 2.06. The number of hydrogen-bond acceptors (Lipinski definition) is 2. The molecule has 0 fully saturated rings. The van der Waals surface area contributed by atoms with Crippen molar-refractivity contribution in [2.75, 3.05) is 6.61 Å². The lowest BCUT2D eigenvalue weighted by Crippen LogP contribution is -2.19. The van der Waals surface area contributed by atoms with Crippen molar-refractivity contribution in [3.63, 3.8) is 0 Å².